The van der Waals surface area contributed by atoms with E-state index < -0.39 is 22.5 Å². The number of carbonyl (C=O) groups is 1. The minimum Gasteiger partial charge on any atom is -0.494 e. The molecular formula is C27H32N4O4S. The highest BCUT2D eigenvalue weighted by Gasteiger charge is 2.27. The lowest BCUT2D eigenvalue weighted by atomic mass is 10.2. The normalized spacial score (nSPS) is 11.3. The number of hydrogen-bond acceptors (Lipinski definition) is 6. The van der Waals surface area contributed by atoms with Crippen molar-refractivity contribution in [3.05, 3.63) is 84.4 Å². The van der Waals surface area contributed by atoms with E-state index in [-0.39, 0.29) is 4.90 Å². The summed E-state index contributed by atoms with van der Waals surface area (Å²) in [5.74, 6) is 0.00398. The molecule has 3 aromatic carbocycles. The summed E-state index contributed by atoms with van der Waals surface area (Å²) in [6, 6.07) is 22.4. The van der Waals surface area contributed by atoms with Gasteiger partial charge >= 0.3 is 0 Å². The third-order valence-corrected chi connectivity index (χ3v) is 7.27. The van der Waals surface area contributed by atoms with E-state index in [0.29, 0.717) is 18.0 Å². The molecule has 0 aliphatic rings. The zero-order valence-electron chi connectivity index (χ0n) is 20.8. The van der Waals surface area contributed by atoms with Gasteiger partial charge in [0.1, 0.15) is 12.3 Å². The first-order chi connectivity index (χ1) is 17.4. The Morgan fingerprint density at radius 1 is 0.889 bits per heavy atom. The van der Waals surface area contributed by atoms with Gasteiger partial charge in [-0.15, -0.1) is 0 Å². The van der Waals surface area contributed by atoms with Gasteiger partial charge in [-0.3, -0.25) is 9.10 Å². The molecule has 190 valence electrons. The lowest BCUT2D eigenvalue weighted by Crippen LogP contribution is -2.39. The number of hydrazone groups is 1. The third-order valence-electron chi connectivity index (χ3n) is 5.48. The molecule has 9 heteroatoms. The zero-order valence-corrected chi connectivity index (χ0v) is 21.6. The van der Waals surface area contributed by atoms with Crippen molar-refractivity contribution in [1.29, 1.82) is 0 Å². The predicted molar refractivity (Wildman–Crippen MR) is 144 cm³/mol. The Morgan fingerprint density at radius 2 is 1.53 bits per heavy atom. The van der Waals surface area contributed by atoms with Gasteiger partial charge in [-0.2, -0.15) is 5.10 Å². The van der Waals surface area contributed by atoms with Crippen LogP contribution in [-0.4, -0.2) is 46.8 Å². The first-order valence-corrected chi connectivity index (χ1v) is 13.3. The number of amides is 1. The van der Waals surface area contributed by atoms with E-state index in [2.05, 4.69) is 29.3 Å². The second-order valence-electron chi connectivity index (χ2n) is 7.81. The molecular weight excluding hydrogens is 476 g/mol. The molecule has 0 aliphatic heterocycles. The number of ether oxygens (including phenoxy) is 1. The zero-order chi connectivity index (χ0) is 26.0. The second kappa shape index (κ2) is 12.7. The van der Waals surface area contributed by atoms with E-state index in [9.17, 15) is 13.2 Å². The fraction of sp³-hybridized carbons (Fsp3) is 0.259. The van der Waals surface area contributed by atoms with Crippen LogP contribution in [-0.2, 0) is 14.8 Å². The molecule has 0 spiro atoms. The molecule has 0 heterocycles. The first-order valence-electron chi connectivity index (χ1n) is 11.9. The van der Waals surface area contributed by atoms with Crippen molar-refractivity contribution in [2.24, 2.45) is 5.10 Å². The Hall–Kier alpha value is -3.85. The van der Waals surface area contributed by atoms with Crippen LogP contribution in [0.1, 0.15) is 26.3 Å². The number of carbonyl (C=O) groups excluding carboxylic acids is 1. The van der Waals surface area contributed by atoms with Gasteiger partial charge in [-0.05, 0) is 74.9 Å². The molecule has 0 bridgehead atoms. The molecule has 1 N–H and O–H groups in total. The molecule has 0 fully saturated rings. The largest absolute Gasteiger partial charge is 0.494 e. The molecule has 0 saturated carbocycles. The average molecular weight is 509 g/mol. The fourth-order valence-corrected chi connectivity index (χ4v) is 5.04. The van der Waals surface area contributed by atoms with Gasteiger partial charge in [0.05, 0.1) is 23.4 Å². The highest BCUT2D eigenvalue weighted by molar-refractivity contribution is 7.92. The number of nitrogens with zero attached hydrogens (tertiary/aromatic N) is 3. The molecule has 0 aromatic heterocycles. The monoisotopic (exact) mass is 508 g/mol. The minimum absolute atomic E-state index is 0.0550. The second-order valence-corrected chi connectivity index (χ2v) is 9.67. The number of rotatable bonds is 12. The molecule has 0 saturated heterocycles. The Kier molecular flexibility index (Phi) is 9.46. The van der Waals surface area contributed by atoms with Crippen molar-refractivity contribution < 1.29 is 17.9 Å². The molecule has 3 rings (SSSR count). The molecule has 0 aliphatic carbocycles. The van der Waals surface area contributed by atoms with Crippen molar-refractivity contribution in [2.75, 3.05) is 35.4 Å². The fourth-order valence-electron chi connectivity index (χ4n) is 3.62. The Bertz CT molecular complexity index is 1240. The molecule has 3 aromatic rings. The smallest absolute Gasteiger partial charge is 0.264 e. The van der Waals surface area contributed by atoms with Crippen molar-refractivity contribution >= 4 is 33.5 Å². The Labute approximate surface area is 213 Å². The summed E-state index contributed by atoms with van der Waals surface area (Å²) in [5.41, 5.74) is 4.73. The predicted octanol–water partition coefficient (Wildman–Crippen LogP) is 4.28. The van der Waals surface area contributed by atoms with Gasteiger partial charge < -0.3 is 9.64 Å². The number of para-hydroxylation sites is 1. The van der Waals surface area contributed by atoms with Crippen molar-refractivity contribution in [2.45, 2.75) is 25.7 Å². The summed E-state index contributed by atoms with van der Waals surface area (Å²) in [6.45, 7) is 7.92. The number of hydrogen-bond donors (Lipinski definition) is 1. The molecule has 0 unspecified atom stereocenters. The van der Waals surface area contributed by atoms with Crippen molar-refractivity contribution in [1.82, 2.24) is 5.43 Å². The van der Waals surface area contributed by atoms with E-state index in [1.54, 1.807) is 42.5 Å². The van der Waals surface area contributed by atoms with Crippen LogP contribution in [0.2, 0.25) is 0 Å². The summed E-state index contributed by atoms with van der Waals surface area (Å²) < 4.78 is 33.3. The average Bonchev–Trinajstić information content (AvgIpc) is 2.90. The van der Waals surface area contributed by atoms with E-state index in [1.165, 1.54) is 18.3 Å². The van der Waals surface area contributed by atoms with Gasteiger partial charge in [-0.25, -0.2) is 13.8 Å². The highest BCUT2D eigenvalue weighted by Crippen LogP contribution is 2.25. The van der Waals surface area contributed by atoms with Gasteiger partial charge in [-0.1, -0.05) is 30.3 Å². The topological polar surface area (TPSA) is 91.3 Å². The summed E-state index contributed by atoms with van der Waals surface area (Å²) >= 11 is 0. The van der Waals surface area contributed by atoms with Crippen LogP contribution in [0.5, 0.6) is 5.75 Å². The quantitative estimate of drug-likeness (QED) is 0.291. The van der Waals surface area contributed by atoms with E-state index in [4.69, 9.17) is 4.74 Å². The van der Waals surface area contributed by atoms with E-state index in [0.717, 1.165) is 28.6 Å². The SMILES string of the molecule is CCOc1ccc(S(=O)(=O)N(CC(=O)N/N=C\c2ccc(N(CC)CC)cc2)c2ccccc2)cc1. The van der Waals surface area contributed by atoms with Gasteiger partial charge in [0.15, 0.2) is 0 Å². The van der Waals surface area contributed by atoms with Gasteiger partial charge in [0.2, 0.25) is 0 Å². The molecule has 0 atom stereocenters. The summed E-state index contributed by atoms with van der Waals surface area (Å²) in [6.07, 6.45) is 1.53. The maximum atomic E-state index is 13.4. The summed E-state index contributed by atoms with van der Waals surface area (Å²) in [5, 5.41) is 4.01. The maximum absolute atomic E-state index is 13.4. The molecule has 0 radical (unpaired) electrons. The van der Waals surface area contributed by atoms with Crippen molar-refractivity contribution in [3.63, 3.8) is 0 Å². The number of anilines is 2. The van der Waals surface area contributed by atoms with E-state index >= 15 is 0 Å². The highest BCUT2D eigenvalue weighted by atomic mass is 32.2. The standard InChI is InChI=1S/C27H32N4O4S/c1-4-30(5-2)23-14-12-22(13-15-23)20-28-29-27(32)21-31(24-10-8-7-9-11-24)36(33,34)26-18-16-25(17-19-26)35-6-3/h7-20H,4-6,21H2,1-3H3,(H,29,32)/b28-20-. The van der Waals surface area contributed by atoms with E-state index in [1.807, 2.05) is 31.2 Å². The lowest BCUT2D eigenvalue weighted by molar-refractivity contribution is -0.119. The Balaban J connectivity index is 1.74. The summed E-state index contributed by atoms with van der Waals surface area (Å²) in [7, 11) is -4.02. The van der Waals surface area contributed by atoms with Crippen molar-refractivity contribution in [3.8, 4) is 5.75 Å². The van der Waals surface area contributed by atoms with Crippen LogP contribution in [0.3, 0.4) is 0 Å². The lowest BCUT2D eigenvalue weighted by Gasteiger charge is -2.23. The molecule has 8 nitrogen and oxygen atoms in total. The van der Waals surface area contributed by atoms with Crippen LogP contribution in [0.4, 0.5) is 11.4 Å². The van der Waals surface area contributed by atoms with Crippen LogP contribution in [0.25, 0.3) is 0 Å². The van der Waals surface area contributed by atoms with Crippen LogP contribution in [0, 0.1) is 0 Å². The minimum atomic E-state index is -4.02. The van der Waals surface area contributed by atoms with Crippen LogP contribution < -0.4 is 19.4 Å². The van der Waals surface area contributed by atoms with Gasteiger partial charge in [0, 0.05) is 18.8 Å². The molecule has 1 amide bonds. The number of benzene rings is 3. The number of sulfonamides is 1. The Morgan fingerprint density at radius 3 is 2.11 bits per heavy atom. The third kappa shape index (κ3) is 6.85. The maximum Gasteiger partial charge on any atom is 0.264 e. The molecule has 36 heavy (non-hydrogen) atoms. The van der Waals surface area contributed by atoms with Gasteiger partial charge in [0.25, 0.3) is 15.9 Å². The number of nitrogens with one attached hydrogen (secondary N) is 1. The van der Waals surface area contributed by atoms with Crippen LogP contribution in [0.15, 0.2) is 88.9 Å². The first kappa shape index (κ1) is 26.7. The summed E-state index contributed by atoms with van der Waals surface area (Å²) in [4.78, 5) is 15.0. The van der Waals surface area contributed by atoms with Crippen LogP contribution >= 0.6 is 0 Å².